The molecular formula is C16H24FN3. The number of benzene rings is 1. The van der Waals surface area contributed by atoms with Gasteiger partial charge in [0.15, 0.2) is 0 Å². The van der Waals surface area contributed by atoms with E-state index >= 15 is 0 Å². The van der Waals surface area contributed by atoms with E-state index in [1.54, 1.807) is 6.07 Å². The molecule has 3 nitrogen and oxygen atoms in total. The van der Waals surface area contributed by atoms with Gasteiger partial charge in [0.25, 0.3) is 0 Å². The van der Waals surface area contributed by atoms with Gasteiger partial charge in [0.1, 0.15) is 5.82 Å². The molecule has 4 heteroatoms. The average molecular weight is 277 g/mol. The van der Waals surface area contributed by atoms with Gasteiger partial charge in [-0.2, -0.15) is 0 Å². The molecule has 2 fully saturated rings. The maximum absolute atomic E-state index is 14.1. The molecule has 0 saturated carbocycles. The molecule has 0 spiro atoms. The van der Waals surface area contributed by atoms with Gasteiger partial charge in [-0.3, -0.25) is 4.90 Å². The highest BCUT2D eigenvalue weighted by Gasteiger charge is 2.31. The first kappa shape index (κ1) is 13.8. The van der Waals surface area contributed by atoms with Crippen molar-refractivity contribution in [3.8, 4) is 0 Å². The van der Waals surface area contributed by atoms with Crippen LogP contribution in [0.1, 0.15) is 25.3 Å². The van der Waals surface area contributed by atoms with Crippen LogP contribution in [0.25, 0.3) is 0 Å². The third-order valence-corrected chi connectivity index (χ3v) is 4.55. The second-order valence-corrected chi connectivity index (χ2v) is 6.20. The second-order valence-electron chi connectivity index (χ2n) is 6.20. The van der Waals surface area contributed by atoms with Crippen molar-refractivity contribution in [1.82, 2.24) is 4.90 Å². The highest BCUT2D eigenvalue weighted by atomic mass is 19.1. The number of piperazine rings is 1. The van der Waals surface area contributed by atoms with E-state index in [9.17, 15) is 4.39 Å². The van der Waals surface area contributed by atoms with E-state index in [2.05, 4.69) is 9.80 Å². The number of hydrogen-bond acceptors (Lipinski definition) is 3. The van der Waals surface area contributed by atoms with Crippen LogP contribution in [-0.4, -0.2) is 43.2 Å². The van der Waals surface area contributed by atoms with Crippen molar-refractivity contribution < 1.29 is 4.39 Å². The molecule has 1 aromatic rings. The predicted octanol–water partition coefficient (Wildman–Crippen LogP) is 2.00. The third-order valence-electron chi connectivity index (χ3n) is 4.55. The molecule has 2 saturated heterocycles. The quantitative estimate of drug-likeness (QED) is 0.917. The zero-order valence-electron chi connectivity index (χ0n) is 12.2. The molecule has 2 aliphatic rings. The van der Waals surface area contributed by atoms with Crippen LogP contribution in [0.5, 0.6) is 0 Å². The minimum atomic E-state index is -0.117. The molecule has 0 aromatic heterocycles. The smallest absolute Gasteiger partial charge is 0.128 e. The fraction of sp³-hybridized carbons (Fsp3) is 0.625. The minimum absolute atomic E-state index is 0.0154. The van der Waals surface area contributed by atoms with Crippen molar-refractivity contribution in [3.63, 3.8) is 0 Å². The summed E-state index contributed by atoms with van der Waals surface area (Å²) in [4.78, 5) is 4.92. The van der Waals surface area contributed by atoms with E-state index in [0.29, 0.717) is 12.5 Å². The van der Waals surface area contributed by atoms with Gasteiger partial charge in [0, 0.05) is 43.0 Å². The molecule has 2 aliphatic heterocycles. The molecule has 0 bridgehead atoms. The number of hydrogen-bond donors (Lipinski definition) is 1. The Hall–Kier alpha value is -1.13. The van der Waals surface area contributed by atoms with Crippen molar-refractivity contribution in [2.75, 3.05) is 31.1 Å². The first-order chi connectivity index (χ1) is 9.65. The Morgan fingerprint density at radius 3 is 3.00 bits per heavy atom. The number of halogens is 1. The lowest BCUT2D eigenvalue weighted by Crippen LogP contribution is -2.50. The largest absolute Gasteiger partial charge is 0.368 e. The molecule has 2 N–H and O–H groups in total. The van der Waals surface area contributed by atoms with E-state index < -0.39 is 0 Å². The topological polar surface area (TPSA) is 32.5 Å². The van der Waals surface area contributed by atoms with Crippen molar-refractivity contribution in [1.29, 1.82) is 0 Å². The molecule has 1 aromatic carbocycles. The predicted molar refractivity (Wildman–Crippen MR) is 80.6 cm³/mol. The van der Waals surface area contributed by atoms with Crippen molar-refractivity contribution in [2.45, 2.75) is 38.3 Å². The summed E-state index contributed by atoms with van der Waals surface area (Å²) in [5.74, 6) is -0.117. The first-order valence-electron chi connectivity index (χ1n) is 7.67. The lowest BCUT2D eigenvalue weighted by atomic mass is 10.0. The lowest BCUT2D eigenvalue weighted by molar-refractivity contribution is 0.230. The van der Waals surface area contributed by atoms with Gasteiger partial charge >= 0.3 is 0 Å². The van der Waals surface area contributed by atoms with Gasteiger partial charge < -0.3 is 10.6 Å². The normalized spacial score (nSPS) is 24.8. The van der Waals surface area contributed by atoms with E-state index in [-0.39, 0.29) is 11.9 Å². The second kappa shape index (κ2) is 5.70. The number of nitrogens with zero attached hydrogens (tertiary/aromatic N) is 2. The Morgan fingerprint density at radius 1 is 1.35 bits per heavy atom. The Balaban J connectivity index is 1.84. The summed E-state index contributed by atoms with van der Waals surface area (Å²) >= 11 is 0. The van der Waals surface area contributed by atoms with Crippen LogP contribution >= 0.6 is 0 Å². The summed E-state index contributed by atoms with van der Waals surface area (Å²) in [6.45, 7) is 6.28. The van der Waals surface area contributed by atoms with Crippen LogP contribution in [0.3, 0.4) is 0 Å². The zero-order valence-corrected chi connectivity index (χ0v) is 12.2. The molecule has 20 heavy (non-hydrogen) atoms. The molecule has 2 atom stereocenters. The molecule has 2 heterocycles. The van der Waals surface area contributed by atoms with Gasteiger partial charge in [0.2, 0.25) is 0 Å². The molecule has 2 unspecified atom stereocenters. The van der Waals surface area contributed by atoms with Crippen molar-refractivity contribution >= 4 is 5.69 Å². The molecular weight excluding hydrogens is 253 g/mol. The zero-order chi connectivity index (χ0) is 14.1. The number of fused-ring (bicyclic) bond motifs is 1. The van der Waals surface area contributed by atoms with Crippen LogP contribution in [0.15, 0.2) is 18.2 Å². The number of nitrogens with two attached hydrogens (primary N) is 1. The summed E-state index contributed by atoms with van der Waals surface area (Å²) in [6.07, 6.45) is 3.18. The Labute approximate surface area is 120 Å². The van der Waals surface area contributed by atoms with Crippen LogP contribution in [0.2, 0.25) is 0 Å². The van der Waals surface area contributed by atoms with E-state index in [4.69, 9.17) is 5.73 Å². The number of rotatable bonds is 3. The van der Waals surface area contributed by atoms with E-state index in [0.717, 1.165) is 30.9 Å². The van der Waals surface area contributed by atoms with Crippen LogP contribution in [0, 0.1) is 5.82 Å². The first-order valence-corrected chi connectivity index (χ1v) is 7.67. The standard InChI is InChI=1S/C16H24FN3/c1-12(18)10-14-15(17)5-2-6-16(14)20-9-8-19-7-3-4-13(19)11-20/h2,5-6,12-13H,3-4,7-11,18H2,1H3. The minimum Gasteiger partial charge on any atom is -0.368 e. The van der Waals surface area contributed by atoms with Crippen LogP contribution in [-0.2, 0) is 6.42 Å². The summed E-state index contributed by atoms with van der Waals surface area (Å²) in [5.41, 5.74) is 7.72. The third kappa shape index (κ3) is 2.67. The monoisotopic (exact) mass is 277 g/mol. The molecule has 110 valence electrons. The van der Waals surface area contributed by atoms with E-state index in [1.165, 1.54) is 19.4 Å². The Kier molecular flexibility index (Phi) is 3.94. The van der Waals surface area contributed by atoms with Gasteiger partial charge in [-0.05, 0) is 44.9 Å². The molecule has 0 radical (unpaired) electrons. The fourth-order valence-electron chi connectivity index (χ4n) is 3.58. The number of anilines is 1. The maximum Gasteiger partial charge on any atom is 0.128 e. The van der Waals surface area contributed by atoms with Gasteiger partial charge in [-0.15, -0.1) is 0 Å². The van der Waals surface area contributed by atoms with Gasteiger partial charge in [0.05, 0.1) is 0 Å². The van der Waals surface area contributed by atoms with Crippen molar-refractivity contribution in [2.24, 2.45) is 5.73 Å². The SMILES string of the molecule is CC(N)Cc1c(F)cccc1N1CCN2CCCC2C1. The van der Waals surface area contributed by atoms with E-state index in [1.807, 2.05) is 19.1 Å². The fourth-order valence-corrected chi connectivity index (χ4v) is 3.58. The van der Waals surface area contributed by atoms with Gasteiger partial charge in [-0.25, -0.2) is 4.39 Å². The lowest BCUT2D eigenvalue weighted by Gasteiger charge is -2.39. The molecule has 3 rings (SSSR count). The summed E-state index contributed by atoms with van der Waals surface area (Å²) in [5, 5.41) is 0. The summed E-state index contributed by atoms with van der Waals surface area (Å²) in [6, 6.07) is 6.04. The summed E-state index contributed by atoms with van der Waals surface area (Å²) < 4.78 is 14.1. The average Bonchev–Trinajstić information content (AvgIpc) is 2.88. The molecule has 0 aliphatic carbocycles. The maximum atomic E-state index is 14.1. The van der Waals surface area contributed by atoms with Crippen LogP contribution < -0.4 is 10.6 Å². The Bertz CT molecular complexity index is 475. The Morgan fingerprint density at radius 2 is 2.20 bits per heavy atom. The van der Waals surface area contributed by atoms with Gasteiger partial charge in [-0.1, -0.05) is 6.07 Å². The highest BCUT2D eigenvalue weighted by Crippen LogP contribution is 2.29. The van der Waals surface area contributed by atoms with Crippen LogP contribution in [0.4, 0.5) is 10.1 Å². The molecule has 0 amide bonds. The van der Waals surface area contributed by atoms with Crippen molar-refractivity contribution in [3.05, 3.63) is 29.6 Å². The summed E-state index contributed by atoms with van der Waals surface area (Å²) in [7, 11) is 0. The highest BCUT2D eigenvalue weighted by molar-refractivity contribution is 5.55.